The first-order valence-electron chi connectivity index (χ1n) is 8.43. The molecule has 0 saturated heterocycles. The molecule has 0 aliphatic heterocycles. The molecule has 0 radical (unpaired) electrons. The van der Waals surface area contributed by atoms with Crippen molar-refractivity contribution in [2.45, 2.75) is 43.9 Å². The van der Waals surface area contributed by atoms with E-state index in [1.165, 1.54) is 36.1 Å². The van der Waals surface area contributed by atoms with E-state index in [1.54, 1.807) is 6.07 Å². The third kappa shape index (κ3) is 2.48. The summed E-state index contributed by atoms with van der Waals surface area (Å²) in [5, 5.41) is 19.3. The Labute approximate surface area is 135 Å². The molecule has 1 fully saturated rings. The molecular weight excluding hydrogens is 291 g/mol. The molecule has 2 nitrogen and oxygen atoms in total. The van der Waals surface area contributed by atoms with Gasteiger partial charge in [0, 0.05) is 0 Å². The summed E-state index contributed by atoms with van der Waals surface area (Å²) >= 11 is 0. The van der Waals surface area contributed by atoms with E-state index >= 15 is 0 Å². The zero-order valence-corrected chi connectivity index (χ0v) is 13.0. The molecule has 120 valence electrons. The zero-order valence-electron chi connectivity index (χ0n) is 13.0. The predicted octanol–water partition coefficient (Wildman–Crippen LogP) is 4.85. The van der Waals surface area contributed by atoms with Gasteiger partial charge >= 0.3 is 0 Å². The number of halogens is 1. The van der Waals surface area contributed by atoms with Crippen LogP contribution in [0.15, 0.2) is 36.4 Å². The number of fused-ring (bicyclic) bond motifs is 3. The zero-order chi connectivity index (χ0) is 16.0. The van der Waals surface area contributed by atoms with Crippen LogP contribution in [0.3, 0.4) is 0 Å². The molecule has 2 aromatic rings. The summed E-state index contributed by atoms with van der Waals surface area (Å²) in [6.07, 6.45) is 5.59. The van der Waals surface area contributed by atoms with Crippen molar-refractivity contribution in [3.63, 3.8) is 0 Å². The Morgan fingerprint density at radius 2 is 1.74 bits per heavy atom. The highest BCUT2D eigenvalue weighted by Crippen LogP contribution is 2.51. The van der Waals surface area contributed by atoms with E-state index in [0.29, 0.717) is 17.6 Å². The summed E-state index contributed by atoms with van der Waals surface area (Å²) in [6, 6.07) is 10.5. The molecule has 3 heteroatoms. The van der Waals surface area contributed by atoms with Crippen molar-refractivity contribution in [1.29, 1.82) is 0 Å². The van der Waals surface area contributed by atoms with Gasteiger partial charge in [0.1, 0.15) is 5.75 Å². The van der Waals surface area contributed by atoms with E-state index in [-0.39, 0.29) is 11.7 Å². The van der Waals surface area contributed by atoms with Crippen molar-refractivity contribution < 1.29 is 14.6 Å². The third-order valence-corrected chi connectivity index (χ3v) is 5.70. The van der Waals surface area contributed by atoms with Crippen LogP contribution in [0.2, 0.25) is 0 Å². The molecule has 3 atom stereocenters. The number of phenolic OH excluding ortho intramolecular Hbond substituents is 2. The summed E-state index contributed by atoms with van der Waals surface area (Å²) in [5.41, 5.74) is 3.53. The standard InChI is InChI=1S/C20H21FO2/c21-19-10-13(6-8-20(19)23)17-9-12-5-7-14(22)11-18(12)16-4-2-1-3-15(16)17/h5-8,10-11,15-17,22-23H,1-4,9H2/t15-,16+,17-/m0/s1. The van der Waals surface area contributed by atoms with Gasteiger partial charge in [0.05, 0.1) is 0 Å². The average Bonchev–Trinajstić information content (AvgIpc) is 2.57. The van der Waals surface area contributed by atoms with E-state index in [9.17, 15) is 14.6 Å². The van der Waals surface area contributed by atoms with Crippen LogP contribution in [0, 0.1) is 11.7 Å². The van der Waals surface area contributed by atoms with Gasteiger partial charge in [0.25, 0.3) is 0 Å². The van der Waals surface area contributed by atoms with Crippen LogP contribution < -0.4 is 0 Å². The van der Waals surface area contributed by atoms with Gasteiger partial charge in [-0.3, -0.25) is 0 Å². The molecule has 0 heterocycles. The Kier molecular flexibility index (Phi) is 3.51. The van der Waals surface area contributed by atoms with Gasteiger partial charge in [0.2, 0.25) is 0 Å². The van der Waals surface area contributed by atoms with E-state index in [2.05, 4.69) is 0 Å². The van der Waals surface area contributed by atoms with E-state index in [1.807, 2.05) is 18.2 Å². The van der Waals surface area contributed by atoms with Gasteiger partial charge in [-0.1, -0.05) is 25.0 Å². The highest BCUT2D eigenvalue weighted by Gasteiger charge is 2.38. The van der Waals surface area contributed by atoms with Crippen molar-refractivity contribution in [2.75, 3.05) is 0 Å². The van der Waals surface area contributed by atoms with Crippen LogP contribution in [0.25, 0.3) is 0 Å². The lowest BCUT2D eigenvalue weighted by Gasteiger charge is -2.43. The lowest BCUT2D eigenvalue weighted by Crippen LogP contribution is -2.30. The number of phenols is 2. The number of hydrogen-bond donors (Lipinski definition) is 2. The minimum Gasteiger partial charge on any atom is -0.508 e. The van der Waals surface area contributed by atoms with Crippen molar-refractivity contribution >= 4 is 0 Å². The first-order chi connectivity index (χ1) is 11.1. The molecule has 0 aromatic heterocycles. The Balaban J connectivity index is 1.78. The van der Waals surface area contributed by atoms with Gasteiger partial charge in [-0.25, -0.2) is 4.39 Å². The minimum atomic E-state index is -0.536. The first kappa shape index (κ1) is 14.6. The molecule has 1 saturated carbocycles. The number of benzene rings is 2. The van der Waals surface area contributed by atoms with Gasteiger partial charge in [-0.2, -0.15) is 0 Å². The molecule has 2 aliphatic carbocycles. The second-order valence-corrected chi connectivity index (χ2v) is 6.96. The molecule has 4 rings (SSSR count). The van der Waals surface area contributed by atoms with Crippen LogP contribution in [0.5, 0.6) is 11.5 Å². The summed E-state index contributed by atoms with van der Waals surface area (Å²) < 4.78 is 13.8. The van der Waals surface area contributed by atoms with Crippen molar-refractivity contribution in [3.05, 3.63) is 58.9 Å². The van der Waals surface area contributed by atoms with E-state index < -0.39 is 5.82 Å². The van der Waals surface area contributed by atoms with Gasteiger partial charge in [-0.05, 0) is 78.0 Å². The van der Waals surface area contributed by atoms with Crippen LogP contribution in [0.4, 0.5) is 4.39 Å². The van der Waals surface area contributed by atoms with Crippen molar-refractivity contribution in [2.24, 2.45) is 5.92 Å². The second kappa shape index (κ2) is 5.55. The van der Waals surface area contributed by atoms with Crippen LogP contribution in [-0.2, 0) is 6.42 Å². The number of aromatic hydroxyl groups is 2. The summed E-state index contributed by atoms with van der Waals surface area (Å²) in [6.45, 7) is 0. The van der Waals surface area contributed by atoms with E-state index in [4.69, 9.17) is 0 Å². The maximum absolute atomic E-state index is 13.8. The van der Waals surface area contributed by atoms with Gasteiger partial charge < -0.3 is 10.2 Å². The average molecular weight is 312 g/mol. The quantitative estimate of drug-likeness (QED) is 0.790. The third-order valence-electron chi connectivity index (χ3n) is 5.70. The largest absolute Gasteiger partial charge is 0.508 e. The van der Waals surface area contributed by atoms with Crippen LogP contribution in [-0.4, -0.2) is 10.2 Å². The van der Waals surface area contributed by atoms with E-state index in [0.717, 1.165) is 24.8 Å². The fourth-order valence-electron chi connectivity index (χ4n) is 4.65. The SMILES string of the molecule is Oc1ccc2c(c1)[C@@H]1CCCC[C@@H]1[C@H](c1ccc(O)c(F)c1)C2. The summed E-state index contributed by atoms with van der Waals surface area (Å²) in [5.74, 6) is 0.736. The molecule has 0 amide bonds. The molecule has 23 heavy (non-hydrogen) atoms. The minimum absolute atomic E-state index is 0.282. The molecular formula is C20H21FO2. The Hall–Kier alpha value is -2.03. The fourth-order valence-corrected chi connectivity index (χ4v) is 4.65. The predicted molar refractivity (Wildman–Crippen MR) is 87.3 cm³/mol. The smallest absolute Gasteiger partial charge is 0.165 e. The van der Waals surface area contributed by atoms with Crippen LogP contribution in [0.1, 0.15) is 54.2 Å². The fraction of sp³-hybridized carbons (Fsp3) is 0.400. The number of rotatable bonds is 1. The maximum Gasteiger partial charge on any atom is 0.165 e. The number of hydrogen-bond acceptors (Lipinski definition) is 2. The van der Waals surface area contributed by atoms with Crippen LogP contribution >= 0.6 is 0 Å². The molecule has 0 unspecified atom stereocenters. The molecule has 2 aliphatic rings. The second-order valence-electron chi connectivity index (χ2n) is 6.96. The molecule has 2 N–H and O–H groups in total. The van der Waals surface area contributed by atoms with Crippen molar-refractivity contribution in [3.8, 4) is 11.5 Å². The highest BCUT2D eigenvalue weighted by molar-refractivity contribution is 5.43. The highest BCUT2D eigenvalue weighted by atomic mass is 19.1. The monoisotopic (exact) mass is 312 g/mol. The normalized spacial score (nSPS) is 26.4. The first-order valence-corrected chi connectivity index (χ1v) is 8.43. The summed E-state index contributed by atoms with van der Waals surface area (Å²) in [7, 11) is 0. The van der Waals surface area contributed by atoms with Gasteiger partial charge in [0.15, 0.2) is 11.6 Å². The van der Waals surface area contributed by atoms with Crippen molar-refractivity contribution in [1.82, 2.24) is 0 Å². The topological polar surface area (TPSA) is 40.5 Å². The Morgan fingerprint density at radius 3 is 2.57 bits per heavy atom. The molecule has 2 aromatic carbocycles. The molecule has 0 spiro atoms. The molecule has 0 bridgehead atoms. The lowest BCUT2D eigenvalue weighted by molar-refractivity contribution is 0.242. The Morgan fingerprint density at radius 1 is 0.913 bits per heavy atom. The lowest BCUT2D eigenvalue weighted by atomic mass is 9.61. The Bertz CT molecular complexity index is 740. The summed E-state index contributed by atoms with van der Waals surface area (Å²) in [4.78, 5) is 0. The van der Waals surface area contributed by atoms with Gasteiger partial charge in [-0.15, -0.1) is 0 Å². The maximum atomic E-state index is 13.8.